The maximum atomic E-state index is 5.94. The fourth-order valence-electron chi connectivity index (χ4n) is 1.17. The standard InChI is InChI=1S/C13H18ClN/c1-10-7-11(5-6-12(10)14)8-15-9-13(2,3)4/h5-8H,9H2,1-4H3. The van der Waals surface area contributed by atoms with E-state index in [1.165, 1.54) is 0 Å². The van der Waals surface area contributed by atoms with Gasteiger partial charge in [0.05, 0.1) is 0 Å². The summed E-state index contributed by atoms with van der Waals surface area (Å²) in [4.78, 5) is 4.42. The molecular weight excluding hydrogens is 206 g/mol. The van der Waals surface area contributed by atoms with Crippen molar-refractivity contribution in [2.75, 3.05) is 6.54 Å². The van der Waals surface area contributed by atoms with Crippen LogP contribution in [0.2, 0.25) is 5.02 Å². The predicted octanol–water partition coefficient (Wildman–Crippen LogP) is 4.11. The van der Waals surface area contributed by atoms with E-state index in [1.807, 2.05) is 25.3 Å². The second kappa shape index (κ2) is 4.80. The van der Waals surface area contributed by atoms with Crippen molar-refractivity contribution in [3.63, 3.8) is 0 Å². The molecule has 0 bridgehead atoms. The van der Waals surface area contributed by atoms with Crippen molar-refractivity contribution in [3.05, 3.63) is 34.3 Å². The Kier molecular flexibility index (Phi) is 3.92. The molecule has 0 amide bonds. The van der Waals surface area contributed by atoms with Crippen molar-refractivity contribution >= 4 is 17.8 Å². The zero-order valence-electron chi connectivity index (χ0n) is 9.84. The summed E-state index contributed by atoms with van der Waals surface area (Å²) in [7, 11) is 0. The van der Waals surface area contributed by atoms with Crippen molar-refractivity contribution in [1.82, 2.24) is 0 Å². The summed E-state index contributed by atoms with van der Waals surface area (Å²) in [5.74, 6) is 0. The normalized spacial score (nSPS) is 12.3. The Labute approximate surface area is 97.2 Å². The van der Waals surface area contributed by atoms with Crippen LogP contribution in [0.25, 0.3) is 0 Å². The predicted molar refractivity (Wildman–Crippen MR) is 68.1 cm³/mol. The highest BCUT2D eigenvalue weighted by Crippen LogP contribution is 2.16. The maximum absolute atomic E-state index is 5.94. The van der Waals surface area contributed by atoms with Gasteiger partial charge in [-0.1, -0.05) is 38.4 Å². The van der Waals surface area contributed by atoms with Crippen LogP contribution < -0.4 is 0 Å². The molecule has 0 atom stereocenters. The number of benzene rings is 1. The van der Waals surface area contributed by atoms with Gasteiger partial charge in [0.2, 0.25) is 0 Å². The molecule has 0 heterocycles. The highest BCUT2D eigenvalue weighted by molar-refractivity contribution is 6.31. The summed E-state index contributed by atoms with van der Waals surface area (Å²) in [5.41, 5.74) is 2.45. The van der Waals surface area contributed by atoms with Gasteiger partial charge in [0.15, 0.2) is 0 Å². The lowest BCUT2D eigenvalue weighted by molar-refractivity contribution is 0.430. The van der Waals surface area contributed by atoms with Crippen LogP contribution in [0, 0.1) is 12.3 Å². The number of aliphatic imine (C=N–C) groups is 1. The molecule has 0 radical (unpaired) electrons. The van der Waals surface area contributed by atoms with Gasteiger partial charge in [0.1, 0.15) is 0 Å². The third-order valence-corrected chi connectivity index (χ3v) is 2.41. The summed E-state index contributed by atoms with van der Waals surface area (Å²) in [6.45, 7) is 9.38. The lowest BCUT2D eigenvalue weighted by Crippen LogP contribution is -2.09. The molecule has 15 heavy (non-hydrogen) atoms. The number of halogens is 1. The quantitative estimate of drug-likeness (QED) is 0.669. The number of rotatable bonds is 2. The Bertz CT molecular complexity index is 361. The molecule has 1 aromatic carbocycles. The van der Waals surface area contributed by atoms with Gasteiger partial charge in [0.25, 0.3) is 0 Å². The largest absolute Gasteiger partial charge is 0.292 e. The van der Waals surface area contributed by atoms with Crippen molar-refractivity contribution in [2.24, 2.45) is 10.4 Å². The number of nitrogens with zero attached hydrogens (tertiary/aromatic N) is 1. The van der Waals surface area contributed by atoms with E-state index in [9.17, 15) is 0 Å². The number of aryl methyl sites for hydroxylation is 1. The molecule has 1 aromatic rings. The van der Waals surface area contributed by atoms with Crippen LogP contribution in [0.4, 0.5) is 0 Å². The van der Waals surface area contributed by atoms with Crippen molar-refractivity contribution in [2.45, 2.75) is 27.7 Å². The minimum absolute atomic E-state index is 0.248. The van der Waals surface area contributed by atoms with Gasteiger partial charge in [-0.15, -0.1) is 0 Å². The zero-order chi connectivity index (χ0) is 11.5. The van der Waals surface area contributed by atoms with Gasteiger partial charge >= 0.3 is 0 Å². The molecule has 82 valence electrons. The first-order valence-corrected chi connectivity index (χ1v) is 5.52. The second-order valence-corrected chi connectivity index (χ2v) is 5.45. The molecule has 0 spiro atoms. The van der Waals surface area contributed by atoms with E-state index < -0.39 is 0 Å². The van der Waals surface area contributed by atoms with Gasteiger partial charge in [-0.05, 0) is 35.6 Å². The van der Waals surface area contributed by atoms with Crippen LogP contribution in [0.5, 0.6) is 0 Å². The molecule has 0 aliphatic rings. The van der Waals surface area contributed by atoms with Gasteiger partial charge < -0.3 is 0 Å². The molecule has 0 aliphatic heterocycles. The van der Waals surface area contributed by atoms with Crippen LogP contribution in [0.1, 0.15) is 31.9 Å². The highest BCUT2D eigenvalue weighted by Gasteiger charge is 2.07. The maximum Gasteiger partial charge on any atom is 0.0438 e. The van der Waals surface area contributed by atoms with Crippen molar-refractivity contribution in [1.29, 1.82) is 0 Å². The lowest BCUT2D eigenvalue weighted by atomic mass is 9.97. The molecule has 0 saturated carbocycles. The Morgan fingerprint density at radius 1 is 1.33 bits per heavy atom. The summed E-state index contributed by atoms with van der Waals surface area (Å²) < 4.78 is 0. The molecule has 0 fully saturated rings. The molecule has 0 aliphatic carbocycles. The molecule has 1 rings (SSSR count). The van der Waals surface area contributed by atoms with E-state index in [0.717, 1.165) is 22.7 Å². The molecular formula is C13H18ClN. The SMILES string of the molecule is Cc1cc(C=NCC(C)(C)C)ccc1Cl. The minimum atomic E-state index is 0.248. The van der Waals surface area contributed by atoms with E-state index in [0.29, 0.717) is 0 Å². The first-order chi connectivity index (χ1) is 6.88. The van der Waals surface area contributed by atoms with Crippen molar-refractivity contribution < 1.29 is 0 Å². The zero-order valence-corrected chi connectivity index (χ0v) is 10.6. The Morgan fingerprint density at radius 2 is 2.00 bits per heavy atom. The summed E-state index contributed by atoms with van der Waals surface area (Å²) in [5, 5.41) is 0.808. The van der Waals surface area contributed by atoms with E-state index in [2.05, 4.69) is 31.8 Å². The smallest absolute Gasteiger partial charge is 0.0438 e. The number of hydrogen-bond acceptors (Lipinski definition) is 1. The monoisotopic (exact) mass is 223 g/mol. The van der Waals surface area contributed by atoms with Gasteiger partial charge in [-0.25, -0.2) is 0 Å². The topological polar surface area (TPSA) is 12.4 Å². The third-order valence-electron chi connectivity index (χ3n) is 1.99. The Morgan fingerprint density at radius 3 is 2.53 bits per heavy atom. The van der Waals surface area contributed by atoms with Crippen LogP contribution in [-0.4, -0.2) is 12.8 Å². The van der Waals surface area contributed by atoms with Gasteiger partial charge in [-0.3, -0.25) is 4.99 Å². The van der Waals surface area contributed by atoms with E-state index in [-0.39, 0.29) is 5.41 Å². The van der Waals surface area contributed by atoms with Gasteiger partial charge in [0, 0.05) is 17.8 Å². The molecule has 0 N–H and O–H groups in total. The minimum Gasteiger partial charge on any atom is -0.292 e. The van der Waals surface area contributed by atoms with Crippen LogP contribution >= 0.6 is 11.6 Å². The van der Waals surface area contributed by atoms with Gasteiger partial charge in [-0.2, -0.15) is 0 Å². The second-order valence-electron chi connectivity index (χ2n) is 5.04. The Balaban J connectivity index is 2.69. The third kappa shape index (κ3) is 4.48. The lowest BCUT2D eigenvalue weighted by Gasteiger charge is -2.13. The molecule has 0 aromatic heterocycles. The fourth-order valence-corrected chi connectivity index (χ4v) is 1.29. The average molecular weight is 224 g/mol. The average Bonchev–Trinajstić information content (AvgIpc) is 2.09. The highest BCUT2D eigenvalue weighted by atomic mass is 35.5. The number of hydrogen-bond donors (Lipinski definition) is 0. The molecule has 0 saturated heterocycles. The molecule has 1 nitrogen and oxygen atoms in total. The van der Waals surface area contributed by atoms with E-state index >= 15 is 0 Å². The first kappa shape index (κ1) is 12.3. The van der Waals surface area contributed by atoms with Crippen LogP contribution in [0.15, 0.2) is 23.2 Å². The molecule has 2 heteroatoms. The van der Waals surface area contributed by atoms with Crippen molar-refractivity contribution in [3.8, 4) is 0 Å². The van der Waals surface area contributed by atoms with Crippen LogP contribution in [0.3, 0.4) is 0 Å². The summed E-state index contributed by atoms with van der Waals surface area (Å²) >= 11 is 5.94. The molecule has 0 unspecified atom stereocenters. The summed E-state index contributed by atoms with van der Waals surface area (Å²) in [6.07, 6.45) is 1.91. The fraction of sp³-hybridized carbons (Fsp3) is 0.462. The van der Waals surface area contributed by atoms with E-state index in [1.54, 1.807) is 0 Å². The first-order valence-electron chi connectivity index (χ1n) is 5.14. The summed E-state index contributed by atoms with van der Waals surface area (Å²) in [6, 6.07) is 5.95. The Hall–Kier alpha value is -0.820. The van der Waals surface area contributed by atoms with Crippen LogP contribution in [-0.2, 0) is 0 Å². The van der Waals surface area contributed by atoms with E-state index in [4.69, 9.17) is 11.6 Å².